The highest BCUT2D eigenvalue weighted by atomic mass is 16.2. The molecule has 0 aromatic heterocycles. The molecular weight excluding hydrogens is 1060 g/mol. The number of carbonyl (C=O) groups is 6. The van der Waals surface area contributed by atoms with E-state index in [0.29, 0.717) is 6.42 Å². The summed E-state index contributed by atoms with van der Waals surface area (Å²) in [6.07, 6.45) is 40.0. The van der Waals surface area contributed by atoms with Gasteiger partial charge in [0.1, 0.15) is 0 Å². The lowest BCUT2D eigenvalue weighted by Gasteiger charge is -2.26. The minimum Gasteiger partial charge on any atom is -0.376 e. The lowest BCUT2D eigenvalue weighted by atomic mass is 9.75. The molecule has 0 radical (unpaired) electrons. The maximum absolute atomic E-state index is 14.8. The second-order valence-corrected chi connectivity index (χ2v) is 24.4. The lowest BCUT2D eigenvalue weighted by Crippen LogP contribution is -2.28. The van der Waals surface area contributed by atoms with Crippen LogP contribution in [0.4, 0.5) is 17.1 Å². The zero-order valence-corrected chi connectivity index (χ0v) is 51.8. The van der Waals surface area contributed by atoms with Gasteiger partial charge < -0.3 is 16.0 Å². The Morgan fingerprint density at radius 1 is 0.302 bits per heavy atom. The van der Waals surface area contributed by atoms with Crippen LogP contribution in [0.15, 0.2) is 121 Å². The third-order valence-corrected chi connectivity index (χ3v) is 17.7. The summed E-state index contributed by atoms with van der Waals surface area (Å²) in [5, 5.41) is 9.09. The Labute approximate surface area is 513 Å². The van der Waals surface area contributed by atoms with Crippen LogP contribution in [0, 0.1) is 0 Å². The van der Waals surface area contributed by atoms with Crippen LogP contribution in [0.3, 0.4) is 0 Å². The van der Waals surface area contributed by atoms with Crippen molar-refractivity contribution in [1.29, 1.82) is 0 Å². The SMILES string of the molecule is CCCCCCCCCCCCCCCCc1ccc(CCC(=O)Nc2ccc(-c3ccc(NC(=O)CNc4ccc(CCCCCCCCCCCCCCCC)cc4)c4c3C(=O)c3ccccc3C4=O)c3c2C(=O)c2ccccc2C3=O)cc1. The number of nitrogens with one attached hydrogen (secondary N) is 3. The molecule has 2 aliphatic rings. The average Bonchev–Trinajstić information content (AvgIpc) is 2.66. The summed E-state index contributed by atoms with van der Waals surface area (Å²) in [6, 6.07) is 36.2. The van der Waals surface area contributed by atoms with Crippen LogP contribution in [-0.2, 0) is 28.9 Å². The third kappa shape index (κ3) is 18.4. The summed E-state index contributed by atoms with van der Waals surface area (Å²) in [5.74, 6) is -2.56. The average molecular weight is 1160 g/mol. The molecule has 9 nitrogen and oxygen atoms in total. The molecule has 86 heavy (non-hydrogen) atoms. The van der Waals surface area contributed by atoms with E-state index in [9.17, 15) is 28.8 Å². The predicted molar refractivity (Wildman–Crippen MR) is 353 cm³/mol. The Morgan fingerprint density at radius 2 is 0.605 bits per heavy atom. The molecule has 454 valence electrons. The van der Waals surface area contributed by atoms with E-state index >= 15 is 0 Å². The first-order chi connectivity index (χ1) is 42.2. The molecule has 3 N–H and O–H groups in total. The first kappa shape index (κ1) is 64.7. The van der Waals surface area contributed by atoms with E-state index in [1.165, 1.54) is 178 Å². The second kappa shape index (κ2) is 34.8. The van der Waals surface area contributed by atoms with Crippen molar-refractivity contribution in [1.82, 2.24) is 0 Å². The summed E-state index contributed by atoms with van der Waals surface area (Å²) in [4.78, 5) is 86.5. The normalized spacial score (nSPS) is 12.4. The van der Waals surface area contributed by atoms with Crippen molar-refractivity contribution >= 4 is 52.0 Å². The highest BCUT2D eigenvalue weighted by Crippen LogP contribution is 2.44. The molecule has 0 atom stereocenters. The van der Waals surface area contributed by atoms with Crippen molar-refractivity contribution in [3.05, 3.63) is 183 Å². The first-order valence-corrected chi connectivity index (χ1v) is 33.4. The molecular formula is C77H95N3O6. The molecule has 8 rings (SSSR count). The van der Waals surface area contributed by atoms with Crippen LogP contribution in [0.2, 0.25) is 0 Å². The predicted octanol–water partition coefficient (Wildman–Crippen LogP) is 19.6. The largest absolute Gasteiger partial charge is 0.376 e. The maximum atomic E-state index is 14.8. The van der Waals surface area contributed by atoms with Gasteiger partial charge >= 0.3 is 0 Å². The summed E-state index contributed by atoms with van der Waals surface area (Å²) in [5.41, 5.74) is 6.02. The van der Waals surface area contributed by atoms with Gasteiger partial charge in [0.2, 0.25) is 11.8 Å². The van der Waals surface area contributed by atoms with Crippen molar-refractivity contribution in [3.8, 4) is 11.1 Å². The molecule has 2 aliphatic carbocycles. The molecule has 9 heteroatoms. The Morgan fingerprint density at radius 3 is 0.965 bits per heavy atom. The van der Waals surface area contributed by atoms with Crippen LogP contribution in [0.25, 0.3) is 11.1 Å². The highest BCUT2D eigenvalue weighted by Gasteiger charge is 2.39. The molecule has 6 aromatic rings. The van der Waals surface area contributed by atoms with Crippen LogP contribution in [0.1, 0.15) is 280 Å². The van der Waals surface area contributed by atoms with Gasteiger partial charge in [-0.1, -0.05) is 278 Å². The summed E-state index contributed by atoms with van der Waals surface area (Å²) in [6.45, 7) is 4.44. The molecule has 0 unspecified atom stereocenters. The Hall–Kier alpha value is -7.26. The van der Waals surface area contributed by atoms with E-state index < -0.39 is 29.0 Å². The van der Waals surface area contributed by atoms with E-state index in [1.54, 1.807) is 72.8 Å². The second-order valence-electron chi connectivity index (χ2n) is 24.4. The number of unbranched alkanes of at least 4 members (excludes halogenated alkanes) is 26. The van der Waals surface area contributed by atoms with Gasteiger partial charge in [-0.2, -0.15) is 0 Å². The van der Waals surface area contributed by atoms with Crippen LogP contribution in [0.5, 0.6) is 0 Å². The summed E-state index contributed by atoms with van der Waals surface area (Å²) in [7, 11) is 0. The smallest absolute Gasteiger partial charge is 0.243 e. The monoisotopic (exact) mass is 1160 g/mol. The van der Waals surface area contributed by atoms with E-state index in [4.69, 9.17) is 0 Å². The van der Waals surface area contributed by atoms with Gasteiger partial charge in [0.05, 0.1) is 29.0 Å². The quantitative estimate of drug-likeness (QED) is 0.0326. The van der Waals surface area contributed by atoms with Crippen molar-refractivity contribution in [3.63, 3.8) is 0 Å². The number of hydrogen-bond donors (Lipinski definition) is 3. The van der Waals surface area contributed by atoms with Crippen molar-refractivity contribution in [2.45, 2.75) is 219 Å². The molecule has 0 bridgehead atoms. The van der Waals surface area contributed by atoms with Crippen LogP contribution < -0.4 is 16.0 Å². The van der Waals surface area contributed by atoms with Gasteiger partial charge in [0, 0.05) is 45.5 Å². The number of anilines is 3. The number of amides is 2. The number of hydrogen-bond acceptors (Lipinski definition) is 7. The molecule has 0 fully saturated rings. The van der Waals surface area contributed by atoms with Crippen LogP contribution in [-0.4, -0.2) is 41.5 Å². The first-order valence-electron chi connectivity index (χ1n) is 33.4. The molecule has 0 spiro atoms. The van der Waals surface area contributed by atoms with E-state index in [1.807, 2.05) is 12.1 Å². The van der Waals surface area contributed by atoms with Crippen molar-refractivity contribution in [2.75, 3.05) is 22.5 Å². The van der Waals surface area contributed by atoms with Crippen LogP contribution >= 0.6 is 0 Å². The summed E-state index contributed by atoms with van der Waals surface area (Å²) >= 11 is 0. The zero-order chi connectivity index (χ0) is 60.3. The molecule has 0 saturated heterocycles. The van der Waals surface area contributed by atoms with E-state index in [0.717, 1.165) is 36.9 Å². The minimum absolute atomic E-state index is 0.00337. The molecule has 0 saturated carbocycles. The Kier molecular flexibility index (Phi) is 26.2. The van der Waals surface area contributed by atoms with Crippen molar-refractivity contribution < 1.29 is 28.8 Å². The molecule has 0 heterocycles. The fourth-order valence-electron chi connectivity index (χ4n) is 12.7. The van der Waals surface area contributed by atoms with E-state index in [-0.39, 0.29) is 85.9 Å². The summed E-state index contributed by atoms with van der Waals surface area (Å²) < 4.78 is 0. The fourth-order valence-corrected chi connectivity index (χ4v) is 12.7. The van der Waals surface area contributed by atoms with Crippen molar-refractivity contribution in [2.24, 2.45) is 0 Å². The number of fused-ring (bicyclic) bond motifs is 4. The highest BCUT2D eigenvalue weighted by molar-refractivity contribution is 6.35. The maximum Gasteiger partial charge on any atom is 0.243 e. The van der Waals surface area contributed by atoms with Gasteiger partial charge in [-0.3, -0.25) is 28.8 Å². The van der Waals surface area contributed by atoms with Gasteiger partial charge in [-0.05, 0) is 84.2 Å². The van der Waals surface area contributed by atoms with Gasteiger partial charge in [-0.25, -0.2) is 0 Å². The lowest BCUT2D eigenvalue weighted by molar-refractivity contribution is -0.116. The number of carbonyl (C=O) groups excluding carboxylic acids is 6. The number of aryl methyl sites for hydroxylation is 3. The van der Waals surface area contributed by atoms with Gasteiger partial charge in [-0.15, -0.1) is 0 Å². The number of benzene rings is 6. The van der Waals surface area contributed by atoms with Gasteiger partial charge in [0.15, 0.2) is 23.1 Å². The molecule has 6 aromatic carbocycles. The van der Waals surface area contributed by atoms with E-state index in [2.05, 4.69) is 66.2 Å². The fraction of sp³-hybridized carbons (Fsp3) is 0.455. The number of ketones is 4. The zero-order valence-electron chi connectivity index (χ0n) is 51.8. The Bertz CT molecular complexity index is 3000. The standard InChI is InChI=1S/C77H95N3O6/c1-3-5-7-9-11-13-15-17-19-21-23-25-27-29-35-56-41-43-58(44-42-56)47-54-68(81)79-66-52-50-60(70-72(66)76(85)64-39-33-31-37-62(64)74(70)83)61-51-53-67(73-71(61)75(84)63-38-32-34-40-65(63)77(73)86)80-69(82)55-78-59-48-45-57(46-49-59)36-30-28-26-24-22-20-18-16-14-12-10-8-6-4-2/h31-34,37-46,48-53,78H,3-30,35-36,47,54-55H2,1-2H3,(H,79,81)(H,80,82). The Balaban J connectivity index is 0.877. The molecule has 0 aliphatic heterocycles. The van der Waals surface area contributed by atoms with Gasteiger partial charge in [0.25, 0.3) is 0 Å². The minimum atomic E-state index is -0.461. The molecule has 2 amide bonds. The third-order valence-electron chi connectivity index (χ3n) is 17.7. The topological polar surface area (TPSA) is 139 Å². The number of rotatable bonds is 39.